The number of pyridine rings is 1. The molecule has 7 heteroatoms. The van der Waals surface area contributed by atoms with Crippen LogP contribution in [-0.4, -0.2) is 34.8 Å². The Morgan fingerprint density at radius 2 is 1.84 bits per heavy atom. The van der Waals surface area contributed by atoms with Crippen LogP contribution in [0.2, 0.25) is 10.2 Å². The maximum Gasteiger partial charge on any atom is 0.274 e. The van der Waals surface area contributed by atoms with Crippen molar-refractivity contribution in [3.63, 3.8) is 0 Å². The van der Waals surface area contributed by atoms with Crippen LogP contribution >= 0.6 is 23.2 Å². The highest BCUT2D eigenvalue weighted by Gasteiger charge is 2.23. The van der Waals surface area contributed by atoms with E-state index in [-0.39, 0.29) is 27.7 Å². The van der Waals surface area contributed by atoms with Crippen LogP contribution in [0.15, 0.2) is 36.4 Å². The maximum absolute atomic E-state index is 12.5. The van der Waals surface area contributed by atoms with Crippen molar-refractivity contribution >= 4 is 35.0 Å². The van der Waals surface area contributed by atoms with Gasteiger partial charge in [0.2, 0.25) is 0 Å². The third-order valence-electron chi connectivity index (χ3n) is 3.91. The molecule has 1 heterocycles. The molecule has 5 nitrogen and oxygen atoms in total. The number of hydrogen-bond acceptors (Lipinski definition) is 3. The van der Waals surface area contributed by atoms with E-state index in [1.54, 1.807) is 25.2 Å². The molecule has 2 amide bonds. The Balaban J connectivity index is 1.65. The lowest BCUT2D eigenvalue weighted by Gasteiger charge is -2.17. The zero-order valence-electron chi connectivity index (χ0n) is 13.6. The van der Waals surface area contributed by atoms with Crippen LogP contribution < -0.4 is 5.32 Å². The van der Waals surface area contributed by atoms with E-state index in [9.17, 15) is 9.59 Å². The van der Waals surface area contributed by atoms with Gasteiger partial charge in [0.25, 0.3) is 11.8 Å². The smallest absolute Gasteiger partial charge is 0.274 e. The van der Waals surface area contributed by atoms with Crippen LogP contribution in [0, 0.1) is 0 Å². The van der Waals surface area contributed by atoms with Gasteiger partial charge in [0, 0.05) is 25.2 Å². The molecule has 0 aliphatic heterocycles. The molecule has 1 saturated carbocycles. The molecule has 3 rings (SSSR count). The molecule has 1 aliphatic rings. The van der Waals surface area contributed by atoms with Crippen molar-refractivity contribution in [2.75, 3.05) is 7.05 Å². The Hall–Kier alpha value is -2.11. The quantitative estimate of drug-likeness (QED) is 0.810. The fraction of sp³-hybridized carbons (Fsp3) is 0.278. The molecule has 0 spiro atoms. The van der Waals surface area contributed by atoms with Gasteiger partial charge < -0.3 is 10.2 Å². The van der Waals surface area contributed by atoms with Gasteiger partial charge in [0.05, 0.1) is 5.02 Å². The maximum atomic E-state index is 12.5. The summed E-state index contributed by atoms with van der Waals surface area (Å²) in [6.07, 6.45) is 2.10. The Morgan fingerprint density at radius 3 is 2.48 bits per heavy atom. The second kappa shape index (κ2) is 7.42. The van der Waals surface area contributed by atoms with Gasteiger partial charge in [0.1, 0.15) is 10.8 Å². The standard InChI is InChI=1S/C18H17Cl2N3O2/c1-23(18(25)16-14(19)8-9-15(20)22-16)10-11-2-4-12(5-3-11)17(24)21-13-6-7-13/h2-5,8-9,13H,6-7,10H2,1H3,(H,21,24). The Bertz CT molecular complexity index is 804. The first-order valence-electron chi connectivity index (χ1n) is 7.91. The molecule has 2 aromatic rings. The van der Waals surface area contributed by atoms with E-state index in [0.717, 1.165) is 18.4 Å². The molecule has 0 bridgehead atoms. The van der Waals surface area contributed by atoms with Gasteiger partial charge in [-0.1, -0.05) is 35.3 Å². The van der Waals surface area contributed by atoms with Gasteiger partial charge in [-0.3, -0.25) is 9.59 Å². The molecule has 0 atom stereocenters. The molecular weight excluding hydrogens is 361 g/mol. The fourth-order valence-corrected chi connectivity index (χ4v) is 2.69. The average molecular weight is 378 g/mol. The number of aromatic nitrogens is 1. The highest BCUT2D eigenvalue weighted by Crippen LogP contribution is 2.20. The number of nitrogens with zero attached hydrogens (tertiary/aromatic N) is 2. The minimum Gasteiger partial charge on any atom is -0.349 e. The minimum atomic E-state index is -0.317. The van der Waals surface area contributed by atoms with E-state index >= 15 is 0 Å². The van der Waals surface area contributed by atoms with Crippen molar-refractivity contribution in [2.24, 2.45) is 0 Å². The minimum absolute atomic E-state index is 0.0617. The number of carbonyl (C=O) groups excluding carboxylic acids is 2. The van der Waals surface area contributed by atoms with Gasteiger partial charge in [-0.2, -0.15) is 0 Å². The summed E-state index contributed by atoms with van der Waals surface area (Å²) in [5.74, 6) is -0.378. The van der Waals surface area contributed by atoms with Gasteiger partial charge >= 0.3 is 0 Å². The van der Waals surface area contributed by atoms with Crippen molar-refractivity contribution in [1.82, 2.24) is 15.2 Å². The zero-order valence-corrected chi connectivity index (χ0v) is 15.1. The molecule has 0 unspecified atom stereocenters. The van der Waals surface area contributed by atoms with Crippen LogP contribution in [-0.2, 0) is 6.54 Å². The Kier molecular flexibility index (Phi) is 5.25. The third kappa shape index (κ3) is 4.50. The molecule has 1 N–H and O–H groups in total. The molecule has 1 aliphatic carbocycles. The van der Waals surface area contributed by atoms with Crippen molar-refractivity contribution in [2.45, 2.75) is 25.4 Å². The lowest BCUT2D eigenvalue weighted by atomic mass is 10.1. The summed E-state index contributed by atoms with van der Waals surface area (Å²) in [7, 11) is 1.66. The fourth-order valence-electron chi connectivity index (χ4n) is 2.35. The molecule has 130 valence electrons. The first kappa shape index (κ1) is 17.7. The lowest BCUT2D eigenvalue weighted by Crippen LogP contribution is -2.27. The predicted octanol–water partition coefficient (Wildman–Crippen LogP) is 3.55. The van der Waals surface area contributed by atoms with Crippen LogP contribution in [0.3, 0.4) is 0 Å². The van der Waals surface area contributed by atoms with E-state index in [1.807, 2.05) is 12.1 Å². The summed E-state index contributed by atoms with van der Waals surface area (Å²) in [4.78, 5) is 30.0. The van der Waals surface area contributed by atoms with E-state index in [0.29, 0.717) is 18.2 Å². The number of hydrogen-bond donors (Lipinski definition) is 1. The molecule has 1 aromatic carbocycles. The van der Waals surface area contributed by atoms with Gasteiger partial charge in [-0.15, -0.1) is 0 Å². The highest BCUT2D eigenvalue weighted by molar-refractivity contribution is 6.34. The van der Waals surface area contributed by atoms with Gasteiger partial charge in [-0.05, 0) is 42.7 Å². The number of benzene rings is 1. The summed E-state index contributed by atoms with van der Waals surface area (Å²) >= 11 is 11.9. The Labute approximate surface area is 155 Å². The molecular formula is C18H17Cl2N3O2. The summed E-state index contributed by atoms with van der Waals surface area (Å²) in [6, 6.07) is 10.6. The predicted molar refractivity (Wildman–Crippen MR) is 97.0 cm³/mol. The monoisotopic (exact) mass is 377 g/mol. The van der Waals surface area contributed by atoms with E-state index in [4.69, 9.17) is 23.2 Å². The summed E-state index contributed by atoms with van der Waals surface area (Å²) in [5.41, 5.74) is 1.64. The third-order valence-corrected chi connectivity index (χ3v) is 4.43. The van der Waals surface area contributed by atoms with Crippen molar-refractivity contribution in [3.8, 4) is 0 Å². The first-order valence-corrected chi connectivity index (χ1v) is 8.67. The molecule has 1 aromatic heterocycles. The van der Waals surface area contributed by atoms with E-state index < -0.39 is 0 Å². The second-order valence-corrected chi connectivity index (χ2v) is 6.86. The van der Waals surface area contributed by atoms with E-state index in [1.165, 1.54) is 11.0 Å². The van der Waals surface area contributed by atoms with Gasteiger partial charge in [-0.25, -0.2) is 4.98 Å². The Morgan fingerprint density at radius 1 is 1.16 bits per heavy atom. The number of rotatable bonds is 5. The van der Waals surface area contributed by atoms with Crippen LogP contribution in [0.4, 0.5) is 0 Å². The first-order chi connectivity index (χ1) is 11.9. The van der Waals surface area contributed by atoms with Gasteiger partial charge in [0.15, 0.2) is 0 Å². The summed E-state index contributed by atoms with van der Waals surface area (Å²) in [6.45, 7) is 0.369. The zero-order chi connectivity index (χ0) is 18.0. The second-order valence-electron chi connectivity index (χ2n) is 6.07. The van der Waals surface area contributed by atoms with Crippen LogP contribution in [0.25, 0.3) is 0 Å². The molecule has 25 heavy (non-hydrogen) atoms. The number of amides is 2. The normalized spacial score (nSPS) is 13.4. The molecule has 1 fully saturated rings. The summed E-state index contributed by atoms with van der Waals surface area (Å²) in [5, 5.41) is 3.42. The van der Waals surface area contributed by atoms with Crippen LogP contribution in [0.1, 0.15) is 39.3 Å². The lowest BCUT2D eigenvalue weighted by molar-refractivity contribution is 0.0779. The highest BCUT2D eigenvalue weighted by atomic mass is 35.5. The van der Waals surface area contributed by atoms with Crippen molar-refractivity contribution in [3.05, 3.63) is 63.4 Å². The molecule has 0 radical (unpaired) electrons. The molecule has 0 saturated heterocycles. The summed E-state index contributed by atoms with van der Waals surface area (Å²) < 4.78 is 0. The van der Waals surface area contributed by atoms with E-state index in [2.05, 4.69) is 10.3 Å². The SMILES string of the molecule is CN(Cc1ccc(C(=O)NC2CC2)cc1)C(=O)c1nc(Cl)ccc1Cl. The largest absolute Gasteiger partial charge is 0.349 e. The average Bonchev–Trinajstić information content (AvgIpc) is 3.41. The topological polar surface area (TPSA) is 62.3 Å². The van der Waals surface area contributed by atoms with Crippen LogP contribution in [0.5, 0.6) is 0 Å². The van der Waals surface area contributed by atoms with Crippen molar-refractivity contribution < 1.29 is 9.59 Å². The number of nitrogens with one attached hydrogen (secondary N) is 1. The number of carbonyl (C=O) groups is 2. The number of halogens is 2. The van der Waals surface area contributed by atoms with Crippen molar-refractivity contribution in [1.29, 1.82) is 0 Å².